The van der Waals surface area contributed by atoms with Crippen molar-refractivity contribution in [2.75, 3.05) is 6.54 Å². The molecule has 1 amide bonds. The van der Waals surface area contributed by atoms with E-state index in [0.717, 1.165) is 11.1 Å². The topological polar surface area (TPSA) is 75.6 Å². The van der Waals surface area contributed by atoms with Gasteiger partial charge in [0.15, 0.2) is 0 Å². The van der Waals surface area contributed by atoms with E-state index in [-0.39, 0.29) is 21.4 Å². The van der Waals surface area contributed by atoms with Crippen LogP contribution in [0.5, 0.6) is 0 Å². The number of halogens is 1. The number of hydrogen-bond acceptors (Lipinski definition) is 4. The van der Waals surface area contributed by atoms with Crippen LogP contribution in [0.4, 0.5) is 5.69 Å². The number of carbonyl (C=O) groups is 1. The molecule has 4 aromatic carbocycles. The Hall–Kier alpha value is -3.74. The van der Waals surface area contributed by atoms with Gasteiger partial charge < -0.3 is 5.32 Å². The zero-order chi connectivity index (χ0) is 24.4. The summed E-state index contributed by atoms with van der Waals surface area (Å²) in [6.07, 6.45) is 0.622. The Morgan fingerprint density at radius 3 is 2.40 bits per heavy atom. The molecule has 1 aliphatic heterocycles. The van der Waals surface area contributed by atoms with E-state index in [1.54, 1.807) is 30.3 Å². The maximum Gasteiger partial charge on any atom is 0.251 e. The fourth-order valence-electron chi connectivity index (χ4n) is 4.10. The molecule has 5 rings (SSSR count). The van der Waals surface area contributed by atoms with Gasteiger partial charge in [0.2, 0.25) is 9.84 Å². The molecule has 0 unspecified atom stereocenters. The number of amides is 1. The van der Waals surface area contributed by atoms with E-state index in [1.165, 1.54) is 18.2 Å². The Morgan fingerprint density at radius 1 is 0.829 bits per heavy atom. The van der Waals surface area contributed by atoms with Crippen LogP contribution in [-0.2, 0) is 16.3 Å². The smallest absolute Gasteiger partial charge is 0.251 e. The lowest BCUT2D eigenvalue weighted by Crippen LogP contribution is -2.25. The van der Waals surface area contributed by atoms with E-state index in [9.17, 15) is 13.2 Å². The van der Waals surface area contributed by atoms with Gasteiger partial charge in [0.1, 0.15) is 0 Å². The summed E-state index contributed by atoms with van der Waals surface area (Å²) in [5.41, 5.74) is 3.46. The first-order valence-electron chi connectivity index (χ1n) is 11.1. The van der Waals surface area contributed by atoms with Crippen molar-refractivity contribution in [1.82, 2.24) is 5.32 Å². The van der Waals surface area contributed by atoms with Crippen molar-refractivity contribution in [1.29, 1.82) is 0 Å². The summed E-state index contributed by atoms with van der Waals surface area (Å²) in [6, 6.07) is 28.3. The molecule has 0 atom stereocenters. The Kier molecular flexibility index (Phi) is 6.24. The predicted molar refractivity (Wildman–Crippen MR) is 138 cm³/mol. The summed E-state index contributed by atoms with van der Waals surface area (Å²) in [5, 5.41) is 3.54. The Balaban J connectivity index is 1.51. The van der Waals surface area contributed by atoms with Crippen LogP contribution < -0.4 is 5.32 Å². The monoisotopic (exact) mass is 500 g/mol. The van der Waals surface area contributed by atoms with E-state index >= 15 is 0 Å². The Bertz CT molecular complexity index is 1560. The van der Waals surface area contributed by atoms with Gasteiger partial charge in [-0.3, -0.25) is 4.79 Å². The van der Waals surface area contributed by atoms with Crippen molar-refractivity contribution in [3.8, 4) is 0 Å². The molecule has 1 N–H and O–H groups in total. The number of carbonyl (C=O) groups excluding carboxylic acids is 1. The van der Waals surface area contributed by atoms with Gasteiger partial charge >= 0.3 is 0 Å². The lowest BCUT2D eigenvalue weighted by molar-refractivity contribution is 0.0954. The van der Waals surface area contributed by atoms with Gasteiger partial charge in [0, 0.05) is 28.3 Å². The number of hydrogen-bond donors (Lipinski definition) is 1. The van der Waals surface area contributed by atoms with E-state index < -0.39 is 9.84 Å². The van der Waals surface area contributed by atoms with Crippen LogP contribution in [0.2, 0.25) is 5.02 Å². The zero-order valence-electron chi connectivity index (χ0n) is 18.6. The fraction of sp³-hybridized carbons (Fsp3) is 0.0714. The molecule has 0 saturated heterocycles. The van der Waals surface area contributed by atoms with Gasteiger partial charge in [-0.15, -0.1) is 0 Å². The van der Waals surface area contributed by atoms with Crippen molar-refractivity contribution < 1.29 is 13.2 Å². The largest absolute Gasteiger partial charge is 0.352 e. The molecule has 35 heavy (non-hydrogen) atoms. The first-order valence-corrected chi connectivity index (χ1v) is 12.9. The number of fused-ring (bicyclic) bond motifs is 2. The number of sulfone groups is 1. The van der Waals surface area contributed by atoms with Crippen LogP contribution >= 0.6 is 11.6 Å². The molecule has 0 saturated carbocycles. The SMILES string of the molecule is O=C(NCCc1cccc(Cl)c1)c1ccc2c(c1)N=C(c1ccccc1)c1ccccc1S2(=O)=O. The quantitative estimate of drug-likeness (QED) is 0.340. The minimum Gasteiger partial charge on any atom is -0.352 e. The van der Waals surface area contributed by atoms with Crippen molar-refractivity contribution in [2.45, 2.75) is 16.2 Å². The first kappa shape index (κ1) is 23.0. The van der Waals surface area contributed by atoms with Gasteiger partial charge in [-0.25, -0.2) is 13.4 Å². The van der Waals surface area contributed by atoms with Gasteiger partial charge in [0.25, 0.3) is 5.91 Å². The van der Waals surface area contributed by atoms with Gasteiger partial charge in [-0.1, -0.05) is 72.3 Å². The molecule has 4 aromatic rings. The molecule has 0 aromatic heterocycles. The van der Waals surface area contributed by atoms with E-state index in [4.69, 9.17) is 16.6 Å². The molecule has 7 heteroatoms. The Morgan fingerprint density at radius 2 is 1.60 bits per heavy atom. The second kappa shape index (κ2) is 9.49. The minimum absolute atomic E-state index is 0.0753. The summed E-state index contributed by atoms with van der Waals surface area (Å²) in [7, 11) is -3.84. The van der Waals surface area contributed by atoms with Gasteiger partial charge in [0.05, 0.1) is 21.2 Å². The van der Waals surface area contributed by atoms with Crippen LogP contribution in [-0.4, -0.2) is 26.6 Å². The summed E-state index contributed by atoms with van der Waals surface area (Å²) in [5.74, 6) is -0.301. The second-order valence-corrected chi connectivity index (χ2v) is 10.5. The molecular formula is C28H21ClN2O3S. The lowest BCUT2D eigenvalue weighted by Gasteiger charge is -2.10. The molecule has 0 spiro atoms. The number of rotatable bonds is 5. The third kappa shape index (κ3) is 4.63. The summed E-state index contributed by atoms with van der Waals surface area (Å²) < 4.78 is 27.1. The number of nitrogens with zero attached hydrogens (tertiary/aromatic N) is 1. The molecule has 1 aliphatic rings. The maximum absolute atomic E-state index is 13.5. The summed E-state index contributed by atoms with van der Waals surface area (Å²) >= 11 is 6.03. The van der Waals surface area contributed by atoms with Gasteiger partial charge in [-0.2, -0.15) is 0 Å². The third-order valence-corrected chi connectivity index (χ3v) is 7.90. The highest BCUT2D eigenvalue weighted by molar-refractivity contribution is 7.91. The highest BCUT2D eigenvalue weighted by Gasteiger charge is 2.30. The number of aliphatic imine (C=N–C) groups is 1. The van der Waals surface area contributed by atoms with Crippen LogP contribution in [0.1, 0.15) is 27.0 Å². The molecule has 0 bridgehead atoms. The number of nitrogens with one attached hydrogen (secondary N) is 1. The van der Waals surface area contributed by atoms with Crippen molar-refractivity contribution in [3.63, 3.8) is 0 Å². The average molecular weight is 501 g/mol. The van der Waals surface area contributed by atoms with Crippen molar-refractivity contribution >= 4 is 38.7 Å². The van der Waals surface area contributed by atoms with Crippen molar-refractivity contribution in [3.05, 3.63) is 124 Å². The second-order valence-electron chi connectivity index (χ2n) is 8.14. The molecular weight excluding hydrogens is 480 g/mol. The Labute approximate surface area is 209 Å². The predicted octanol–water partition coefficient (Wildman–Crippen LogP) is 5.63. The van der Waals surface area contributed by atoms with Gasteiger partial charge in [-0.05, 0) is 48.4 Å². The third-order valence-electron chi connectivity index (χ3n) is 5.81. The fourth-order valence-corrected chi connectivity index (χ4v) is 5.89. The molecule has 0 radical (unpaired) electrons. The van der Waals surface area contributed by atoms with Crippen LogP contribution in [0.3, 0.4) is 0 Å². The van der Waals surface area contributed by atoms with Crippen LogP contribution in [0.15, 0.2) is 112 Å². The molecule has 1 heterocycles. The molecule has 0 fully saturated rings. The lowest BCUT2D eigenvalue weighted by atomic mass is 10.0. The standard InChI is InChI=1S/C28H21ClN2O3S/c29-22-10-6-7-19(17-22)15-16-30-28(32)21-13-14-26-24(18-21)31-27(20-8-2-1-3-9-20)23-11-4-5-12-25(23)35(26,33)34/h1-14,17-18H,15-16H2,(H,30,32). The number of benzene rings is 4. The minimum atomic E-state index is -3.84. The van der Waals surface area contributed by atoms with E-state index in [1.807, 2.05) is 48.5 Å². The molecule has 0 aliphatic carbocycles. The average Bonchev–Trinajstić information content (AvgIpc) is 2.97. The normalized spacial score (nSPS) is 13.7. The highest BCUT2D eigenvalue weighted by atomic mass is 35.5. The molecule has 174 valence electrons. The highest BCUT2D eigenvalue weighted by Crippen LogP contribution is 2.37. The van der Waals surface area contributed by atoms with E-state index in [2.05, 4.69) is 5.32 Å². The van der Waals surface area contributed by atoms with Crippen LogP contribution in [0, 0.1) is 0 Å². The van der Waals surface area contributed by atoms with E-state index in [0.29, 0.717) is 34.8 Å². The molecule has 5 nitrogen and oxygen atoms in total. The summed E-state index contributed by atoms with van der Waals surface area (Å²) in [6.45, 7) is 0.415. The maximum atomic E-state index is 13.5. The van der Waals surface area contributed by atoms with Crippen LogP contribution in [0.25, 0.3) is 0 Å². The zero-order valence-corrected chi connectivity index (χ0v) is 20.2. The van der Waals surface area contributed by atoms with Crippen molar-refractivity contribution in [2.24, 2.45) is 4.99 Å². The summed E-state index contributed by atoms with van der Waals surface area (Å²) in [4.78, 5) is 17.9. The first-order chi connectivity index (χ1) is 16.9.